The van der Waals surface area contributed by atoms with E-state index in [0.29, 0.717) is 24.5 Å². The summed E-state index contributed by atoms with van der Waals surface area (Å²) in [5, 5.41) is 3.48. The predicted molar refractivity (Wildman–Crippen MR) is 127 cm³/mol. The molecule has 0 aliphatic carbocycles. The van der Waals surface area contributed by atoms with Crippen LogP contribution in [0.1, 0.15) is 47.0 Å². The molecule has 1 unspecified atom stereocenters. The predicted octanol–water partition coefficient (Wildman–Crippen LogP) is 3.50. The standard InChI is InChI=1S/C24H36ClN3O4/c1-17(2)13-20(23(31)32-5)26-21(29)15-24(3,4)16-22(30)28-11-9-27(10-12-28)19-8-6-7-18(25)14-19/h6-8,14,17,20H,9-13,15-16H2,1-5H3,(H,26,29). The highest BCUT2D eigenvalue weighted by Gasteiger charge is 2.31. The Morgan fingerprint density at radius 3 is 2.34 bits per heavy atom. The molecule has 1 aliphatic rings. The van der Waals surface area contributed by atoms with Gasteiger partial charge in [0.05, 0.1) is 7.11 Å². The van der Waals surface area contributed by atoms with Crippen molar-refractivity contribution >= 4 is 35.1 Å². The third-order valence-electron chi connectivity index (χ3n) is 5.60. The summed E-state index contributed by atoms with van der Waals surface area (Å²) in [6, 6.07) is 7.06. The van der Waals surface area contributed by atoms with Gasteiger partial charge in [0.25, 0.3) is 0 Å². The number of nitrogens with one attached hydrogen (secondary N) is 1. The van der Waals surface area contributed by atoms with Gasteiger partial charge in [-0.25, -0.2) is 4.79 Å². The highest BCUT2D eigenvalue weighted by atomic mass is 35.5. The Bertz CT molecular complexity index is 804. The molecule has 1 heterocycles. The third kappa shape index (κ3) is 8.01. The van der Waals surface area contributed by atoms with Crippen molar-refractivity contribution in [3.63, 3.8) is 0 Å². The van der Waals surface area contributed by atoms with Gasteiger partial charge in [0, 0.05) is 49.7 Å². The van der Waals surface area contributed by atoms with Crippen LogP contribution in [0.5, 0.6) is 0 Å². The van der Waals surface area contributed by atoms with Crippen LogP contribution in [0.2, 0.25) is 5.02 Å². The number of hydrogen-bond acceptors (Lipinski definition) is 5. The molecule has 2 rings (SSSR count). The molecule has 1 N–H and O–H groups in total. The van der Waals surface area contributed by atoms with Crippen LogP contribution in [0.3, 0.4) is 0 Å². The maximum atomic E-state index is 12.9. The van der Waals surface area contributed by atoms with E-state index >= 15 is 0 Å². The highest BCUT2D eigenvalue weighted by Crippen LogP contribution is 2.27. The lowest BCUT2D eigenvalue weighted by Gasteiger charge is -2.37. The number of benzene rings is 1. The van der Waals surface area contributed by atoms with Crippen molar-refractivity contribution in [3.8, 4) is 0 Å². The van der Waals surface area contributed by atoms with Crippen LogP contribution in [-0.4, -0.2) is 62.0 Å². The first-order valence-corrected chi connectivity index (χ1v) is 11.5. The molecule has 0 spiro atoms. The number of halogens is 1. The van der Waals surface area contributed by atoms with Crippen LogP contribution in [0.15, 0.2) is 24.3 Å². The average molecular weight is 466 g/mol. The maximum absolute atomic E-state index is 12.9. The number of esters is 1. The first kappa shape index (κ1) is 26.0. The molecule has 0 saturated carbocycles. The number of rotatable bonds is 9. The molecule has 32 heavy (non-hydrogen) atoms. The molecule has 0 aromatic heterocycles. The smallest absolute Gasteiger partial charge is 0.328 e. The van der Waals surface area contributed by atoms with Gasteiger partial charge < -0.3 is 19.9 Å². The summed E-state index contributed by atoms with van der Waals surface area (Å²) in [5.74, 6) is -0.414. The second kappa shape index (κ2) is 11.5. The number of carbonyl (C=O) groups excluding carboxylic acids is 3. The second-order valence-electron chi connectivity index (χ2n) is 9.64. The Labute approximate surface area is 196 Å². The molecule has 7 nitrogen and oxygen atoms in total. The minimum absolute atomic E-state index is 0.0419. The number of ether oxygens (including phenoxy) is 1. The van der Waals surface area contributed by atoms with E-state index < -0.39 is 17.4 Å². The number of methoxy groups -OCH3 is 1. The van der Waals surface area contributed by atoms with Crippen LogP contribution in [0, 0.1) is 11.3 Å². The number of carbonyl (C=O) groups is 3. The van der Waals surface area contributed by atoms with E-state index in [1.807, 2.05) is 56.9 Å². The Morgan fingerprint density at radius 1 is 1.12 bits per heavy atom. The zero-order valence-electron chi connectivity index (χ0n) is 19.8. The lowest BCUT2D eigenvalue weighted by molar-refractivity contribution is -0.146. The van der Waals surface area contributed by atoms with Gasteiger partial charge in [0.2, 0.25) is 11.8 Å². The fourth-order valence-corrected chi connectivity index (χ4v) is 4.16. The van der Waals surface area contributed by atoms with Crippen molar-refractivity contribution in [2.24, 2.45) is 11.3 Å². The quantitative estimate of drug-likeness (QED) is 0.564. The van der Waals surface area contributed by atoms with Crippen molar-refractivity contribution in [2.45, 2.75) is 53.0 Å². The molecule has 1 aliphatic heterocycles. The Kier molecular flexibility index (Phi) is 9.37. The summed E-state index contributed by atoms with van der Waals surface area (Å²) in [4.78, 5) is 41.5. The Balaban J connectivity index is 1.86. The normalized spacial score (nSPS) is 15.5. The topological polar surface area (TPSA) is 78.9 Å². The van der Waals surface area contributed by atoms with E-state index in [4.69, 9.17) is 16.3 Å². The van der Waals surface area contributed by atoms with E-state index in [1.165, 1.54) is 7.11 Å². The number of amides is 2. The summed E-state index contributed by atoms with van der Waals surface area (Å²) >= 11 is 6.09. The molecule has 8 heteroatoms. The van der Waals surface area contributed by atoms with Gasteiger partial charge in [-0.15, -0.1) is 0 Å². The second-order valence-corrected chi connectivity index (χ2v) is 10.1. The number of piperazine rings is 1. The van der Waals surface area contributed by atoms with Gasteiger partial charge in [-0.05, 0) is 36.0 Å². The number of nitrogens with zero attached hydrogens (tertiary/aromatic N) is 2. The summed E-state index contributed by atoms with van der Waals surface area (Å²) in [6.07, 6.45) is 0.937. The molecular formula is C24H36ClN3O4. The average Bonchev–Trinajstić information content (AvgIpc) is 2.71. The van der Waals surface area contributed by atoms with Crippen LogP contribution in [-0.2, 0) is 19.1 Å². The van der Waals surface area contributed by atoms with Gasteiger partial charge in [-0.3, -0.25) is 9.59 Å². The SMILES string of the molecule is COC(=O)C(CC(C)C)NC(=O)CC(C)(C)CC(=O)N1CCN(c2cccc(Cl)c2)CC1. The summed E-state index contributed by atoms with van der Waals surface area (Å²) in [7, 11) is 1.32. The fraction of sp³-hybridized carbons (Fsp3) is 0.625. The lowest BCUT2D eigenvalue weighted by atomic mass is 9.84. The Hall–Kier alpha value is -2.28. The highest BCUT2D eigenvalue weighted by molar-refractivity contribution is 6.30. The fourth-order valence-electron chi connectivity index (χ4n) is 3.98. The van der Waals surface area contributed by atoms with E-state index in [-0.39, 0.29) is 30.6 Å². The first-order chi connectivity index (χ1) is 15.0. The van der Waals surface area contributed by atoms with Gasteiger partial charge in [-0.1, -0.05) is 45.4 Å². The molecule has 0 radical (unpaired) electrons. The van der Waals surface area contributed by atoms with Crippen LogP contribution in [0.25, 0.3) is 0 Å². The number of anilines is 1. The first-order valence-electron chi connectivity index (χ1n) is 11.2. The van der Waals surface area contributed by atoms with Crippen molar-refractivity contribution in [1.29, 1.82) is 0 Å². The van der Waals surface area contributed by atoms with E-state index in [9.17, 15) is 14.4 Å². The number of hydrogen-bond donors (Lipinski definition) is 1. The summed E-state index contributed by atoms with van der Waals surface area (Å²) in [5.41, 5.74) is 0.534. The van der Waals surface area contributed by atoms with Crippen molar-refractivity contribution in [1.82, 2.24) is 10.2 Å². The van der Waals surface area contributed by atoms with E-state index in [0.717, 1.165) is 18.8 Å². The summed E-state index contributed by atoms with van der Waals surface area (Å²) in [6.45, 7) is 10.5. The van der Waals surface area contributed by atoms with Crippen molar-refractivity contribution < 1.29 is 19.1 Å². The van der Waals surface area contributed by atoms with Gasteiger partial charge >= 0.3 is 5.97 Å². The zero-order chi connectivity index (χ0) is 23.9. The molecule has 0 bridgehead atoms. The molecule has 1 saturated heterocycles. The zero-order valence-corrected chi connectivity index (χ0v) is 20.6. The monoisotopic (exact) mass is 465 g/mol. The van der Waals surface area contributed by atoms with Crippen molar-refractivity contribution in [2.75, 3.05) is 38.2 Å². The minimum atomic E-state index is -0.668. The lowest BCUT2D eigenvalue weighted by Crippen LogP contribution is -2.50. The van der Waals surface area contributed by atoms with E-state index in [1.54, 1.807) is 0 Å². The molecular weight excluding hydrogens is 430 g/mol. The molecule has 1 atom stereocenters. The van der Waals surface area contributed by atoms with Crippen molar-refractivity contribution in [3.05, 3.63) is 29.3 Å². The maximum Gasteiger partial charge on any atom is 0.328 e. The van der Waals surface area contributed by atoms with E-state index in [2.05, 4.69) is 10.2 Å². The van der Waals surface area contributed by atoms with Gasteiger partial charge in [0.1, 0.15) is 6.04 Å². The van der Waals surface area contributed by atoms with Crippen LogP contribution < -0.4 is 10.2 Å². The van der Waals surface area contributed by atoms with Gasteiger partial charge in [-0.2, -0.15) is 0 Å². The summed E-state index contributed by atoms with van der Waals surface area (Å²) < 4.78 is 4.81. The van der Waals surface area contributed by atoms with Crippen LogP contribution >= 0.6 is 11.6 Å². The van der Waals surface area contributed by atoms with Crippen LogP contribution in [0.4, 0.5) is 5.69 Å². The molecule has 1 aromatic carbocycles. The van der Waals surface area contributed by atoms with Gasteiger partial charge in [0.15, 0.2) is 0 Å². The molecule has 178 valence electrons. The molecule has 1 aromatic rings. The molecule has 1 fully saturated rings. The minimum Gasteiger partial charge on any atom is -0.467 e. The Morgan fingerprint density at radius 2 is 1.78 bits per heavy atom. The third-order valence-corrected chi connectivity index (χ3v) is 5.84. The molecule has 2 amide bonds. The largest absolute Gasteiger partial charge is 0.467 e.